The van der Waals surface area contributed by atoms with E-state index in [1.54, 1.807) is 0 Å². The molecule has 0 saturated carbocycles. The lowest BCUT2D eigenvalue weighted by atomic mass is 9.98. The average Bonchev–Trinajstić information content (AvgIpc) is 3.60. The number of carbonyl (C=O) groups is 7. The van der Waals surface area contributed by atoms with Crippen LogP contribution in [0.3, 0.4) is 0 Å². The molecule has 20 heteroatoms. The molecule has 0 aromatic heterocycles. The molecule has 348 valence electrons. The van der Waals surface area contributed by atoms with Crippen molar-refractivity contribution in [3.63, 3.8) is 0 Å². The molecule has 1 saturated heterocycles. The van der Waals surface area contributed by atoms with E-state index in [9.17, 15) is 38.8 Å². The van der Waals surface area contributed by atoms with Gasteiger partial charge in [-0.05, 0) is 52.1 Å². The molecule has 6 rings (SSSR count). The van der Waals surface area contributed by atoms with Crippen molar-refractivity contribution in [3.05, 3.63) is 113 Å². The number of carbonyl (C=O) groups excluding carboxylic acids is 7. The first-order chi connectivity index (χ1) is 31.7. The van der Waals surface area contributed by atoms with Gasteiger partial charge >= 0.3 is 36.1 Å². The second kappa shape index (κ2) is 22.4. The summed E-state index contributed by atoms with van der Waals surface area (Å²) in [5, 5.41) is 16.3. The van der Waals surface area contributed by atoms with E-state index >= 15 is 0 Å². The van der Waals surface area contributed by atoms with E-state index in [4.69, 9.17) is 42.6 Å². The van der Waals surface area contributed by atoms with E-state index in [1.807, 2.05) is 48.5 Å². The Morgan fingerprint density at radius 3 is 1.92 bits per heavy atom. The first-order valence-corrected chi connectivity index (χ1v) is 20.6. The maximum atomic E-state index is 13.5. The first kappa shape index (κ1) is 47.9. The SMILES string of the molecule is CC(=O)OC[C@H]1O[C@@H](Oc2ccc(COC(=O)Oc3ccc([NH2+][O-])cc3)cc2NC(=O)CCNC(=O)OCC2c3ccccc3-c3ccccc32)[C@H](OC(C)=O)[C@@H](OC(C)=O)[C@H]1OC(C)=O. The van der Waals surface area contributed by atoms with Crippen molar-refractivity contribution >= 4 is 53.4 Å². The predicted molar refractivity (Wildman–Crippen MR) is 228 cm³/mol. The quantitative estimate of drug-likeness (QED) is 0.0435. The number of hydrogen-bond acceptors (Lipinski definition) is 17. The fourth-order valence-corrected chi connectivity index (χ4v) is 7.30. The zero-order chi connectivity index (χ0) is 47.3. The minimum Gasteiger partial charge on any atom is -0.630 e. The zero-order valence-electron chi connectivity index (χ0n) is 36.2. The Bertz CT molecular complexity index is 2380. The summed E-state index contributed by atoms with van der Waals surface area (Å²) in [5.41, 5.74) is 5.46. The van der Waals surface area contributed by atoms with Crippen molar-refractivity contribution < 1.29 is 81.7 Å². The second-order valence-electron chi connectivity index (χ2n) is 14.9. The number of quaternary nitrogens is 1. The maximum absolute atomic E-state index is 13.5. The van der Waals surface area contributed by atoms with Crippen LogP contribution < -0.4 is 25.6 Å². The summed E-state index contributed by atoms with van der Waals surface area (Å²) in [4.78, 5) is 87.8. The molecule has 20 nitrogen and oxygen atoms in total. The highest BCUT2D eigenvalue weighted by Gasteiger charge is 2.53. The van der Waals surface area contributed by atoms with Crippen LogP contribution in [0.25, 0.3) is 11.1 Å². The average molecular weight is 914 g/mol. The highest BCUT2D eigenvalue weighted by atomic mass is 16.7. The van der Waals surface area contributed by atoms with E-state index in [0.717, 1.165) is 49.9 Å². The Balaban J connectivity index is 1.18. The van der Waals surface area contributed by atoms with Gasteiger partial charge in [0.05, 0.1) is 5.69 Å². The van der Waals surface area contributed by atoms with Gasteiger partial charge in [0.2, 0.25) is 18.3 Å². The summed E-state index contributed by atoms with van der Waals surface area (Å²) in [6.07, 6.45) is -9.72. The van der Waals surface area contributed by atoms with Crippen LogP contribution in [0.1, 0.15) is 56.7 Å². The molecule has 5 atom stereocenters. The van der Waals surface area contributed by atoms with Gasteiger partial charge in [-0.25, -0.2) is 9.59 Å². The fraction of sp³-hybridized carbons (Fsp3) is 0.326. The number of nitrogens with one attached hydrogen (secondary N) is 2. The predicted octanol–water partition coefficient (Wildman–Crippen LogP) is 4.42. The minimum absolute atomic E-state index is 0.0343. The molecule has 0 unspecified atom stereocenters. The minimum atomic E-state index is -1.67. The molecule has 4 N–H and O–H groups in total. The van der Waals surface area contributed by atoms with E-state index in [1.165, 1.54) is 42.5 Å². The number of nitrogens with two attached hydrogens (primary N) is 1. The van der Waals surface area contributed by atoms with Gasteiger partial charge in [0.15, 0.2) is 12.2 Å². The monoisotopic (exact) mass is 913 g/mol. The van der Waals surface area contributed by atoms with Crippen LogP contribution in [0, 0.1) is 5.21 Å². The topological polar surface area (TPSA) is 266 Å². The third-order valence-corrected chi connectivity index (χ3v) is 10.0. The lowest BCUT2D eigenvalue weighted by Gasteiger charge is -2.44. The third kappa shape index (κ3) is 12.8. The van der Waals surface area contributed by atoms with E-state index in [0.29, 0.717) is 16.7 Å². The first-order valence-electron chi connectivity index (χ1n) is 20.6. The molecule has 1 aliphatic heterocycles. The summed E-state index contributed by atoms with van der Waals surface area (Å²) >= 11 is 0. The van der Waals surface area contributed by atoms with Crippen molar-refractivity contribution in [2.24, 2.45) is 0 Å². The van der Waals surface area contributed by atoms with Crippen LogP contribution in [0.5, 0.6) is 11.5 Å². The normalized spacial score (nSPS) is 18.3. The number of ether oxygens (including phenoxy) is 9. The summed E-state index contributed by atoms with van der Waals surface area (Å²) in [6, 6.07) is 25.7. The second-order valence-corrected chi connectivity index (χ2v) is 14.9. The number of alkyl carbamates (subject to hydrolysis) is 1. The van der Waals surface area contributed by atoms with Crippen molar-refractivity contribution in [2.75, 3.05) is 25.1 Å². The Labute approximate surface area is 377 Å². The lowest BCUT2D eigenvalue weighted by molar-refractivity contribution is -0.497. The maximum Gasteiger partial charge on any atom is 0.514 e. The molecule has 4 aromatic carbocycles. The lowest BCUT2D eigenvalue weighted by Crippen LogP contribution is -2.70. The van der Waals surface area contributed by atoms with Gasteiger partial charge in [0, 0.05) is 58.7 Å². The molecule has 2 amide bonds. The molecule has 0 radical (unpaired) electrons. The van der Waals surface area contributed by atoms with Crippen LogP contribution in [-0.2, 0) is 63.7 Å². The van der Waals surface area contributed by atoms with Crippen molar-refractivity contribution in [3.8, 4) is 22.6 Å². The van der Waals surface area contributed by atoms with Gasteiger partial charge in [-0.2, -0.15) is 0 Å². The molecule has 1 fully saturated rings. The summed E-state index contributed by atoms with van der Waals surface area (Å²) in [5.74, 6) is -4.09. The molecule has 0 bridgehead atoms. The standard InChI is InChI=1S/C46H47N3O17/c1-25(50)58-24-39-41(61-26(2)51)42(62-27(3)52)43(63-28(4)53)44(66-39)65-38-18-13-29(22-60-46(56)64-31-16-14-30(49-57)15-17-31)21-37(38)48-40(54)19-20-47-45(55)59-23-36-34-11-7-5-9-32(34)33-10-6-8-12-35(33)36/h5-18,21,36,39,41-44H,19-20,22-24,49H2,1-4H3,(H,47,55)(H,48,54)/t39-,41+,42+,43-,44-/m1/s1. The largest absolute Gasteiger partial charge is 0.630 e. The molecule has 1 heterocycles. The highest BCUT2D eigenvalue weighted by Crippen LogP contribution is 2.44. The molecule has 2 aliphatic rings. The van der Waals surface area contributed by atoms with Crippen LogP contribution in [-0.4, -0.2) is 92.5 Å². The number of benzene rings is 4. The van der Waals surface area contributed by atoms with Gasteiger partial charge in [-0.3, -0.25) is 24.0 Å². The van der Waals surface area contributed by atoms with Gasteiger partial charge in [0.25, 0.3) is 0 Å². The van der Waals surface area contributed by atoms with Crippen LogP contribution in [0.15, 0.2) is 91.0 Å². The third-order valence-electron chi connectivity index (χ3n) is 10.0. The number of amides is 2. The molecule has 66 heavy (non-hydrogen) atoms. The van der Waals surface area contributed by atoms with Gasteiger partial charge in [-0.15, -0.1) is 0 Å². The van der Waals surface area contributed by atoms with Crippen molar-refractivity contribution in [1.82, 2.24) is 5.32 Å². The molecule has 0 spiro atoms. The smallest absolute Gasteiger partial charge is 0.514 e. The van der Waals surface area contributed by atoms with Crippen LogP contribution >= 0.6 is 0 Å². The summed E-state index contributed by atoms with van der Waals surface area (Å²) in [7, 11) is 0. The molecule has 1 aliphatic carbocycles. The Kier molecular flexibility index (Phi) is 16.2. The number of rotatable bonds is 17. The molecule has 4 aromatic rings. The Morgan fingerprint density at radius 1 is 0.682 bits per heavy atom. The molecular weight excluding hydrogens is 867 g/mol. The van der Waals surface area contributed by atoms with Gasteiger partial charge in [-0.1, -0.05) is 54.6 Å². The summed E-state index contributed by atoms with van der Waals surface area (Å²) < 4.78 is 50.0. The van der Waals surface area contributed by atoms with E-state index < -0.39 is 79.3 Å². The highest BCUT2D eigenvalue weighted by molar-refractivity contribution is 5.92. The number of esters is 4. The zero-order valence-corrected chi connectivity index (χ0v) is 36.2. The van der Waals surface area contributed by atoms with Crippen LogP contribution in [0.2, 0.25) is 0 Å². The fourth-order valence-electron chi connectivity index (χ4n) is 7.30. The van der Waals surface area contributed by atoms with Crippen molar-refractivity contribution in [2.45, 2.75) is 77.3 Å². The van der Waals surface area contributed by atoms with Crippen LogP contribution in [0.4, 0.5) is 21.0 Å². The van der Waals surface area contributed by atoms with Gasteiger partial charge in [0.1, 0.15) is 43.1 Å². The van der Waals surface area contributed by atoms with E-state index in [-0.39, 0.29) is 49.3 Å². The molecular formula is C46H47N3O17. The Morgan fingerprint density at radius 2 is 1.30 bits per heavy atom. The number of hydrogen-bond donors (Lipinski definition) is 3. The van der Waals surface area contributed by atoms with E-state index in [2.05, 4.69) is 10.6 Å². The Hall–Kier alpha value is -7.55. The van der Waals surface area contributed by atoms with Gasteiger partial charge < -0.3 is 64.0 Å². The number of anilines is 1. The number of fused-ring (bicyclic) bond motifs is 3. The van der Waals surface area contributed by atoms with Crippen molar-refractivity contribution in [1.29, 1.82) is 0 Å². The summed E-state index contributed by atoms with van der Waals surface area (Å²) in [6.45, 7) is 3.34.